The summed E-state index contributed by atoms with van der Waals surface area (Å²) < 4.78 is 14.3. The number of nitrogens with one attached hydrogen (secondary N) is 1. The van der Waals surface area contributed by atoms with Gasteiger partial charge in [0.2, 0.25) is 0 Å². The van der Waals surface area contributed by atoms with Crippen LogP contribution >= 0.6 is 15.9 Å². The van der Waals surface area contributed by atoms with Crippen molar-refractivity contribution >= 4 is 21.8 Å². The zero-order chi connectivity index (χ0) is 13.9. The quantitative estimate of drug-likeness (QED) is 0.479. The second kappa shape index (κ2) is 6.14. The molecule has 2 atom stereocenters. The van der Waals surface area contributed by atoms with Gasteiger partial charge in [-0.3, -0.25) is 5.41 Å². The van der Waals surface area contributed by atoms with Gasteiger partial charge in [0.1, 0.15) is 5.82 Å². The van der Waals surface area contributed by atoms with E-state index in [1.807, 2.05) is 19.1 Å². The van der Waals surface area contributed by atoms with Gasteiger partial charge in [-0.15, -0.1) is 0 Å². The molecule has 0 amide bonds. The van der Waals surface area contributed by atoms with Crippen molar-refractivity contribution in [2.45, 2.75) is 26.2 Å². The summed E-state index contributed by atoms with van der Waals surface area (Å²) >= 11 is 3.25. The molecule has 2 nitrogen and oxygen atoms in total. The zero-order valence-corrected chi connectivity index (χ0v) is 12.2. The summed E-state index contributed by atoms with van der Waals surface area (Å²) in [5, 5.41) is 6.28. The second-order valence-corrected chi connectivity index (χ2v) is 5.56. The largest absolute Gasteiger partial charge is 0.388 e. The highest BCUT2D eigenvalue weighted by molar-refractivity contribution is 9.10. The standard InChI is InChI=1S/C12H12BrF.C2H6N2/c1-7(2)10-6-11(10)9-4-3-8(13)5-12(9)14;1-2(3)4/h3-5,10-11H,1,6H2,2H3;1H3,(H3,3,4). The van der Waals surface area contributed by atoms with Gasteiger partial charge in [0.25, 0.3) is 0 Å². The van der Waals surface area contributed by atoms with E-state index in [1.165, 1.54) is 13.0 Å². The maximum atomic E-state index is 13.5. The normalized spacial score (nSPS) is 20.7. The first kappa shape index (κ1) is 14.9. The minimum absolute atomic E-state index is 0.104. The molecule has 1 aromatic rings. The van der Waals surface area contributed by atoms with Crippen molar-refractivity contribution < 1.29 is 4.39 Å². The maximum absolute atomic E-state index is 13.5. The number of allylic oxidation sites excluding steroid dienone is 1. The van der Waals surface area contributed by atoms with E-state index in [0.29, 0.717) is 11.8 Å². The molecule has 3 N–H and O–H groups in total. The van der Waals surface area contributed by atoms with E-state index >= 15 is 0 Å². The van der Waals surface area contributed by atoms with Crippen LogP contribution in [0, 0.1) is 17.1 Å². The average Bonchev–Trinajstić information content (AvgIpc) is 2.96. The second-order valence-electron chi connectivity index (χ2n) is 4.64. The Labute approximate surface area is 116 Å². The minimum Gasteiger partial charge on any atom is -0.388 e. The third-order valence-electron chi connectivity index (χ3n) is 2.79. The number of rotatable bonds is 2. The van der Waals surface area contributed by atoms with Crippen molar-refractivity contribution in [3.8, 4) is 0 Å². The first-order valence-electron chi connectivity index (χ1n) is 5.74. The van der Waals surface area contributed by atoms with Crippen molar-refractivity contribution in [3.05, 3.63) is 46.2 Å². The van der Waals surface area contributed by atoms with Crippen molar-refractivity contribution in [1.82, 2.24) is 0 Å². The fourth-order valence-corrected chi connectivity index (χ4v) is 2.22. The Morgan fingerprint density at radius 1 is 1.50 bits per heavy atom. The van der Waals surface area contributed by atoms with Crippen LogP contribution in [-0.4, -0.2) is 5.84 Å². The van der Waals surface area contributed by atoms with Crippen molar-refractivity contribution in [2.75, 3.05) is 0 Å². The number of halogens is 2. The lowest BCUT2D eigenvalue weighted by molar-refractivity contribution is 0.607. The van der Waals surface area contributed by atoms with E-state index < -0.39 is 0 Å². The Kier molecular flexibility index (Phi) is 5.08. The molecular weight excluding hydrogens is 295 g/mol. The Balaban J connectivity index is 0.000000357. The number of nitrogens with two attached hydrogens (primary N) is 1. The number of hydrogen-bond donors (Lipinski definition) is 2. The van der Waals surface area contributed by atoms with Crippen LogP contribution in [0.5, 0.6) is 0 Å². The molecule has 1 aliphatic carbocycles. The van der Waals surface area contributed by atoms with Gasteiger partial charge in [-0.05, 0) is 49.8 Å². The monoisotopic (exact) mass is 312 g/mol. The van der Waals surface area contributed by atoms with E-state index in [1.54, 1.807) is 0 Å². The molecule has 0 aromatic heterocycles. The molecule has 0 heterocycles. The predicted molar refractivity (Wildman–Crippen MR) is 77.4 cm³/mol. The lowest BCUT2D eigenvalue weighted by Gasteiger charge is -2.02. The van der Waals surface area contributed by atoms with Crippen molar-refractivity contribution in [1.29, 1.82) is 5.41 Å². The first-order valence-corrected chi connectivity index (χ1v) is 6.53. The van der Waals surface area contributed by atoms with Crippen LogP contribution in [0.15, 0.2) is 34.8 Å². The molecule has 0 saturated heterocycles. The van der Waals surface area contributed by atoms with Gasteiger partial charge in [-0.2, -0.15) is 0 Å². The summed E-state index contributed by atoms with van der Waals surface area (Å²) in [6, 6.07) is 5.29. The predicted octanol–water partition coefficient (Wildman–Crippen LogP) is 4.21. The molecule has 1 aromatic carbocycles. The molecule has 1 saturated carbocycles. The van der Waals surface area contributed by atoms with E-state index in [-0.39, 0.29) is 11.7 Å². The summed E-state index contributed by atoms with van der Waals surface area (Å²) in [4.78, 5) is 0. The van der Waals surface area contributed by atoms with Crippen LogP contribution in [0.25, 0.3) is 0 Å². The highest BCUT2D eigenvalue weighted by atomic mass is 79.9. The lowest BCUT2D eigenvalue weighted by atomic mass is 10.1. The van der Waals surface area contributed by atoms with Crippen LogP contribution in [-0.2, 0) is 0 Å². The fourth-order valence-electron chi connectivity index (χ4n) is 1.89. The van der Waals surface area contributed by atoms with Crippen LogP contribution in [0.2, 0.25) is 0 Å². The Morgan fingerprint density at radius 2 is 2.06 bits per heavy atom. The number of amidine groups is 1. The van der Waals surface area contributed by atoms with Gasteiger partial charge in [0.15, 0.2) is 0 Å². The molecular formula is C14H18BrFN2. The third kappa shape index (κ3) is 4.26. The Hall–Kier alpha value is -1.16. The minimum atomic E-state index is -0.104. The molecule has 2 unspecified atom stereocenters. The summed E-state index contributed by atoms with van der Waals surface area (Å²) in [5.74, 6) is 0.916. The van der Waals surface area contributed by atoms with Crippen molar-refractivity contribution in [3.63, 3.8) is 0 Å². The molecule has 1 fully saturated rings. The van der Waals surface area contributed by atoms with E-state index in [2.05, 4.69) is 22.5 Å². The highest BCUT2D eigenvalue weighted by Crippen LogP contribution is 2.51. The lowest BCUT2D eigenvalue weighted by Crippen LogP contribution is -2.00. The molecule has 98 valence electrons. The third-order valence-corrected chi connectivity index (χ3v) is 3.28. The topological polar surface area (TPSA) is 49.9 Å². The van der Waals surface area contributed by atoms with E-state index in [0.717, 1.165) is 22.0 Å². The van der Waals surface area contributed by atoms with Gasteiger partial charge in [-0.25, -0.2) is 4.39 Å². The summed E-state index contributed by atoms with van der Waals surface area (Å²) in [6.45, 7) is 7.45. The molecule has 18 heavy (non-hydrogen) atoms. The van der Waals surface area contributed by atoms with Gasteiger partial charge in [0.05, 0.1) is 5.84 Å². The maximum Gasteiger partial charge on any atom is 0.127 e. The van der Waals surface area contributed by atoms with Gasteiger partial charge in [-0.1, -0.05) is 34.1 Å². The molecule has 0 bridgehead atoms. The van der Waals surface area contributed by atoms with E-state index in [9.17, 15) is 4.39 Å². The van der Waals surface area contributed by atoms with Crippen LogP contribution < -0.4 is 5.73 Å². The van der Waals surface area contributed by atoms with Crippen LogP contribution in [0.3, 0.4) is 0 Å². The van der Waals surface area contributed by atoms with Gasteiger partial charge >= 0.3 is 0 Å². The zero-order valence-electron chi connectivity index (χ0n) is 10.6. The van der Waals surface area contributed by atoms with Crippen LogP contribution in [0.4, 0.5) is 4.39 Å². The smallest absolute Gasteiger partial charge is 0.127 e. The SMILES string of the molecule is C=C(C)C1CC1c1ccc(Br)cc1F.CC(=N)N. The first-order chi connectivity index (χ1) is 8.32. The Bertz CT molecular complexity index is 467. The summed E-state index contributed by atoms with van der Waals surface area (Å²) in [7, 11) is 0. The van der Waals surface area contributed by atoms with Crippen molar-refractivity contribution in [2.24, 2.45) is 11.7 Å². The summed E-state index contributed by atoms with van der Waals surface area (Å²) in [6.07, 6.45) is 1.05. The molecule has 0 spiro atoms. The molecule has 4 heteroatoms. The molecule has 0 radical (unpaired) electrons. The average molecular weight is 313 g/mol. The van der Waals surface area contributed by atoms with Gasteiger partial charge < -0.3 is 5.73 Å². The Morgan fingerprint density at radius 3 is 2.44 bits per heavy atom. The molecule has 1 aliphatic rings. The molecule has 0 aliphatic heterocycles. The van der Waals surface area contributed by atoms with Gasteiger partial charge in [0, 0.05) is 4.47 Å². The fraction of sp³-hybridized carbons (Fsp3) is 0.357. The highest BCUT2D eigenvalue weighted by Gasteiger charge is 2.40. The van der Waals surface area contributed by atoms with E-state index in [4.69, 9.17) is 11.1 Å². The molecule has 2 rings (SSSR count). The van der Waals surface area contributed by atoms with Crippen LogP contribution in [0.1, 0.15) is 31.7 Å². The summed E-state index contributed by atoms with van der Waals surface area (Å²) in [5.41, 5.74) is 6.69. The number of hydrogen-bond acceptors (Lipinski definition) is 1. The number of benzene rings is 1.